The lowest BCUT2D eigenvalue weighted by atomic mass is 10.1. The van der Waals surface area contributed by atoms with E-state index in [0.29, 0.717) is 51.2 Å². The first-order valence-electron chi connectivity index (χ1n) is 10.8. The summed E-state index contributed by atoms with van der Waals surface area (Å²) in [5.74, 6) is 0.714. The van der Waals surface area contributed by atoms with Crippen molar-refractivity contribution < 1.29 is 9.53 Å². The number of nitrogens with two attached hydrogens (primary N) is 1. The van der Waals surface area contributed by atoms with E-state index in [1.165, 1.54) is 6.33 Å². The molecule has 2 aromatic heterocycles. The van der Waals surface area contributed by atoms with Gasteiger partial charge in [-0.2, -0.15) is 5.10 Å². The van der Waals surface area contributed by atoms with Crippen LogP contribution in [0.1, 0.15) is 0 Å². The number of methoxy groups -OCH3 is 1. The minimum atomic E-state index is -0.162. The van der Waals surface area contributed by atoms with E-state index in [9.17, 15) is 4.79 Å². The van der Waals surface area contributed by atoms with E-state index in [2.05, 4.69) is 9.97 Å². The maximum atomic E-state index is 12.8. The van der Waals surface area contributed by atoms with Crippen LogP contribution in [0.3, 0.4) is 0 Å². The number of ether oxygens (including phenoxy) is 1. The highest BCUT2D eigenvalue weighted by molar-refractivity contribution is 6.30. The Morgan fingerprint density at radius 3 is 2.57 bits per heavy atom. The molecule has 0 aliphatic heterocycles. The van der Waals surface area contributed by atoms with Crippen LogP contribution in [0.4, 0.5) is 11.5 Å². The molecule has 4 aromatic rings. The number of amides is 1. The van der Waals surface area contributed by atoms with Gasteiger partial charge in [-0.3, -0.25) is 4.79 Å². The van der Waals surface area contributed by atoms with Gasteiger partial charge in [-0.25, -0.2) is 14.6 Å². The molecule has 2 aromatic carbocycles. The molecule has 0 aliphatic carbocycles. The summed E-state index contributed by atoms with van der Waals surface area (Å²) in [7, 11) is 7.16. The maximum Gasteiger partial charge on any atom is 0.250 e. The molecule has 2 N–H and O–H groups in total. The van der Waals surface area contributed by atoms with Crippen LogP contribution in [0.25, 0.3) is 28.0 Å². The molecule has 4 rings (SSSR count). The molecule has 0 aliphatic rings. The number of rotatable bonds is 7. The van der Waals surface area contributed by atoms with Crippen molar-refractivity contribution in [1.82, 2.24) is 24.6 Å². The number of benzene rings is 2. The zero-order valence-electron chi connectivity index (χ0n) is 19.9. The third kappa shape index (κ3) is 5.11. The zero-order valence-corrected chi connectivity index (χ0v) is 20.7. The Kier molecular flexibility index (Phi) is 6.99. The van der Waals surface area contributed by atoms with E-state index in [-0.39, 0.29) is 5.91 Å². The Bertz CT molecular complexity index is 1400. The van der Waals surface area contributed by atoms with Gasteiger partial charge in [-0.1, -0.05) is 29.8 Å². The lowest BCUT2D eigenvalue weighted by molar-refractivity contribution is -0.113. The van der Waals surface area contributed by atoms with E-state index in [1.54, 1.807) is 48.0 Å². The van der Waals surface area contributed by atoms with Gasteiger partial charge in [0.15, 0.2) is 5.65 Å². The standard InChI is InChI=1S/C25H26ClN7O2/c1-31(2)11-5-6-21(34)32(3)18-12-19(14-20(13-18)35-4)33-25-22(24(27)28-15-29-25)23(30-33)16-7-9-17(26)10-8-16/h5-10,12-15H,11H2,1-4H3,(H2,27,28,29)/b6-5+. The Morgan fingerprint density at radius 1 is 1.14 bits per heavy atom. The van der Waals surface area contributed by atoms with E-state index >= 15 is 0 Å². The summed E-state index contributed by atoms with van der Waals surface area (Å²) in [5, 5.41) is 6.06. The minimum Gasteiger partial charge on any atom is -0.497 e. The molecule has 0 bridgehead atoms. The molecule has 0 radical (unpaired) electrons. The number of hydrogen-bond acceptors (Lipinski definition) is 7. The van der Waals surface area contributed by atoms with Gasteiger partial charge < -0.3 is 20.3 Å². The van der Waals surface area contributed by atoms with Crippen molar-refractivity contribution in [3.05, 3.63) is 66.0 Å². The van der Waals surface area contributed by atoms with Gasteiger partial charge in [0.1, 0.15) is 23.6 Å². The molecule has 0 atom stereocenters. The van der Waals surface area contributed by atoms with Crippen molar-refractivity contribution >= 4 is 40.0 Å². The average Bonchev–Trinajstić information content (AvgIpc) is 3.24. The number of carbonyl (C=O) groups is 1. The van der Waals surface area contributed by atoms with Gasteiger partial charge in [0.25, 0.3) is 0 Å². The van der Waals surface area contributed by atoms with Crippen molar-refractivity contribution in [2.45, 2.75) is 0 Å². The van der Waals surface area contributed by atoms with Crippen molar-refractivity contribution in [2.24, 2.45) is 0 Å². The fourth-order valence-corrected chi connectivity index (χ4v) is 3.70. The predicted octanol–water partition coefficient (Wildman–Crippen LogP) is 3.81. The molecule has 0 saturated heterocycles. The summed E-state index contributed by atoms with van der Waals surface area (Å²) in [6.07, 6.45) is 4.77. The first kappa shape index (κ1) is 24.2. The van der Waals surface area contributed by atoms with Crippen molar-refractivity contribution in [1.29, 1.82) is 0 Å². The Labute approximate surface area is 208 Å². The molecule has 2 heterocycles. The van der Waals surface area contributed by atoms with Crippen LogP contribution >= 0.6 is 11.6 Å². The van der Waals surface area contributed by atoms with E-state index < -0.39 is 0 Å². The normalized spacial score (nSPS) is 11.5. The molecule has 180 valence electrons. The topological polar surface area (TPSA) is 102 Å². The summed E-state index contributed by atoms with van der Waals surface area (Å²) >= 11 is 6.07. The highest BCUT2D eigenvalue weighted by Crippen LogP contribution is 2.34. The quantitative estimate of drug-likeness (QED) is 0.392. The first-order chi connectivity index (χ1) is 16.8. The summed E-state index contributed by atoms with van der Waals surface area (Å²) in [6.45, 7) is 0.664. The lowest BCUT2D eigenvalue weighted by Crippen LogP contribution is -2.24. The zero-order chi connectivity index (χ0) is 25.1. The van der Waals surface area contributed by atoms with Crippen LogP contribution in [-0.2, 0) is 4.79 Å². The molecular formula is C25H26ClN7O2. The third-order valence-corrected chi connectivity index (χ3v) is 5.67. The summed E-state index contributed by atoms with van der Waals surface area (Å²) in [6, 6.07) is 12.8. The van der Waals surface area contributed by atoms with Crippen LogP contribution in [0.5, 0.6) is 5.75 Å². The van der Waals surface area contributed by atoms with Crippen molar-refractivity contribution in [2.75, 3.05) is 45.4 Å². The highest BCUT2D eigenvalue weighted by atomic mass is 35.5. The van der Waals surface area contributed by atoms with Gasteiger partial charge in [-0.15, -0.1) is 0 Å². The average molecular weight is 492 g/mol. The SMILES string of the molecule is COc1cc(N(C)C(=O)/C=C/CN(C)C)cc(-n2nc(-c3ccc(Cl)cc3)c3c(N)ncnc32)c1. The third-order valence-electron chi connectivity index (χ3n) is 5.42. The number of halogens is 1. The molecule has 9 nitrogen and oxygen atoms in total. The number of nitrogens with zero attached hydrogens (tertiary/aromatic N) is 6. The fourth-order valence-electron chi connectivity index (χ4n) is 3.57. The first-order valence-corrected chi connectivity index (χ1v) is 11.2. The molecule has 0 saturated carbocycles. The van der Waals surface area contributed by atoms with Crippen LogP contribution in [0.2, 0.25) is 5.02 Å². The maximum absolute atomic E-state index is 12.8. The smallest absolute Gasteiger partial charge is 0.250 e. The monoisotopic (exact) mass is 491 g/mol. The van der Waals surface area contributed by atoms with E-state index in [4.69, 9.17) is 27.2 Å². The van der Waals surface area contributed by atoms with Gasteiger partial charge in [0, 0.05) is 48.1 Å². The van der Waals surface area contributed by atoms with Gasteiger partial charge in [0.2, 0.25) is 5.91 Å². The van der Waals surface area contributed by atoms with Crippen LogP contribution in [-0.4, -0.2) is 65.4 Å². The Balaban J connectivity index is 1.83. The minimum absolute atomic E-state index is 0.162. The van der Waals surface area contributed by atoms with Crippen LogP contribution < -0.4 is 15.4 Å². The largest absolute Gasteiger partial charge is 0.497 e. The number of anilines is 2. The molecule has 1 amide bonds. The fraction of sp³-hybridized carbons (Fsp3) is 0.200. The number of hydrogen-bond donors (Lipinski definition) is 1. The second-order valence-electron chi connectivity index (χ2n) is 8.18. The number of nitrogen functional groups attached to an aromatic ring is 1. The highest BCUT2D eigenvalue weighted by Gasteiger charge is 2.20. The number of carbonyl (C=O) groups excluding carboxylic acids is 1. The van der Waals surface area contributed by atoms with E-state index in [1.807, 2.05) is 49.3 Å². The predicted molar refractivity (Wildman–Crippen MR) is 139 cm³/mol. The van der Waals surface area contributed by atoms with Crippen molar-refractivity contribution in [3.8, 4) is 22.7 Å². The number of likely N-dealkylation sites (N-methyl/N-ethyl adjacent to an activating group) is 2. The molecule has 0 unspecified atom stereocenters. The lowest BCUT2D eigenvalue weighted by Gasteiger charge is -2.18. The second-order valence-corrected chi connectivity index (χ2v) is 8.61. The Hall–Kier alpha value is -3.95. The van der Waals surface area contributed by atoms with Crippen LogP contribution in [0, 0.1) is 0 Å². The molecule has 0 fully saturated rings. The Morgan fingerprint density at radius 2 is 1.89 bits per heavy atom. The molecule has 35 heavy (non-hydrogen) atoms. The van der Waals surface area contributed by atoms with E-state index in [0.717, 1.165) is 5.56 Å². The summed E-state index contributed by atoms with van der Waals surface area (Å²) in [4.78, 5) is 24.9. The number of aromatic nitrogens is 4. The summed E-state index contributed by atoms with van der Waals surface area (Å²) in [5.41, 5.74) is 9.50. The van der Waals surface area contributed by atoms with Gasteiger partial charge in [0.05, 0.1) is 18.2 Å². The molecule has 0 spiro atoms. The molecular weight excluding hydrogens is 466 g/mol. The molecule has 10 heteroatoms. The summed E-state index contributed by atoms with van der Waals surface area (Å²) < 4.78 is 7.19. The van der Waals surface area contributed by atoms with Gasteiger partial charge >= 0.3 is 0 Å². The number of fused-ring (bicyclic) bond motifs is 1. The second kappa shape index (κ2) is 10.1. The van der Waals surface area contributed by atoms with Crippen molar-refractivity contribution in [3.63, 3.8) is 0 Å². The van der Waals surface area contributed by atoms with Gasteiger partial charge in [-0.05, 0) is 32.3 Å². The van der Waals surface area contributed by atoms with Crippen LogP contribution in [0.15, 0.2) is 60.9 Å².